The Kier molecular flexibility index (Phi) is 9.57. The standard InChI is InChI=1S/C30H35F6N3O5/c1-18-5-3-4-6-22(18)25-23-16-28(7-11-40,8-12-41)26(43)38(23)9-10-39(25)27(44)37(2)24(17-42)19-13-20(29(31,32)33)15-21(14-19)30(34,35)36/h3-6,13-15,23-25,40-42H,7-12,16-17H2,1-2H3/t23?,24-,25-/m0/s1. The molecule has 2 heterocycles. The highest BCUT2D eigenvalue weighted by Crippen LogP contribution is 2.49. The third-order valence-electron chi connectivity index (χ3n) is 8.87. The number of benzene rings is 2. The quantitative estimate of drug-likeness (QED) is 0.372. The number of urea groups is 1. The molecule has 0 radical (unpaired) electrons. The molecule has 0 bridgehead atoms. The number of carbonyl (C=O) groups excluding carboxylic acids is 2. The van der Waals surface area contributed by atoms with Crippen LogP contribution in [0.15, 0.2) is 42.5 Å². The zero-order chi connectivity index (χ0) is 32.6. The smallest absolute Gasteiger partial charge is 0.396 e. The number of rotatable bonds is 8. The number of carbonyl (C=O) groups is 2. The fourth-order valence-electron chi connectivity index (χ4n) is 6.60. The summed E-state index contributed by atoms with van der Waals surface area (Å²) in [5.41, 5.74) is -3.29. The van der Waals surface area contributed by atoms with Gasteiger partial charge in [0.05, 0.1) is 41.3 Å². The van der Waals surface area contributed by atoms with Crippen LogP contribution in [0.4, 0.5) is 31.1 Å². The third-order valence-corrected chi connectivity index (χ3v) is 8.87. The number of aliphatic hydroxyl groups excluding tert-OH is 3. The van der Waals surface area contributed by atoms with Crippen LogP contribution in [0, 0.1) is 12.3 Å². The lowest BCUT2D eigenvalue weighted by Crippen LogP contribution is -2.58. The summed E-state index contributed by atoms with van der Waals surface area (Å²) in [6, 6.07) is 4.39. The van der Waals surface area contributed by atoms with E-state index in [0.717, 1.165) is 10.5 Å². The number of likely N-dealkylation sites (N-methyl/N-ethyl adjacent to an activating group) is 1. The fraction of sp³-hybridized carbons (Fsp3) is 0.533. The average molecular weight is 632 g/mol. The van der Waals surface area contributed by atoms with Crippen molar-refractivity contribution in [1.82, 2.24) is 14.7 Å². The largest absolute Gasteiger partial charge is 0.416 e. The lowest BCUT2D eigenvalue weighted by Gasteiger charge is -2.47. The van der Waals surface area contributed by atoms with Crippen molar-refractivity contribution in [3.05, 3.63) is 70.3 Å². The van der Waals surface area contributed by atoms with Crippen molar-refractivity contribution in [2.24, 2.45) is 5.41 Å². The summed E-state index contributed by atoms with van der Waals surface area (Å²) in [4.78, 5) is 31.7. The topological polar surface area (TPSA) is 105 Å². The van der Waals surface area contributed by atoms with Gasteiger partial charge in [0.15, 0.2) is 0 Å². The van der Waals surface area contributed by atoms with Crippen molar-refractivity contribution >= 4 is 11.9 Å². The van der Waals surface area contributed by atoms with Crippen LogP contribution in [0.25, 0.3) is 0 Å². The lowest BCUT2D eigenvalue weighted by atomic mass is 9.77. The summed E-state index contributed by atoms with van der Waals surface area (Å²) < 4.78 is 81.5. The van der Waals surface area contributed by atoms with Gasteiger partial charge in [-0.2, -0.15) is 26.3 Å². The van der Waals surface area contributed by atoms with Gasteiger partial charge in [0.1, 0.15) is 0 Å². The summed E-state index contributed by atoms with van der Waals surface area (Å²) in [7, 11) is 1.19. The first kappa shape index (κ1) is 33.5. The summed E-state index contributed by atoms with van der Waals surface area (Å²) in [5, 5.41) is 29.7. The summed E-state index contributed by atoms with van der Waals surface area (Å²) in [5.74, 6) is -0.262. The zero-order valence-electron chi connectivity index (χ0n) is 24.2. The van der Waals surface area contributed by atoms with Crippen LogP contribution in [-0.2, 0) is 17.1 Å². The van der Waals surface area contributed by atoms with E-state index in [-0.39, 0.29) is 57.5 Å². The molecule has 2 aliphatic rings. The minimum atomic E-state index is -5.12. The van der Waals surface area contributed by atoms with Gasteiger partial charge in [-0.3, -0.25) is 4.79 Å². The molecule has 3 atom stereocenters. The number of hydrogen-bond donors (Lipinski definition) is 3. The molecule has 14 heteroatoms. The number of halogens is 6. The number of aryl methyl sites for hydroxylation is 1. The van der Waals surface area contributed by atoms with E-state index in [9.17, 15) is 51.3 Å². The van der Waals surface area contributed by atoms with E-state index in [4.69, 9.17) is 0 Å². The molecule has 0 spiro atoms. The highest BCUT2D eigenvalue weighted by Gasteiger charge is 2.56. The molecule has 8 nitrogen and oxygen atoms in total. The van der Waals surface area contributed by atoms with Gasteiger partial charge in [0, 0.05) is 33.4 Å². The minimum absolute atomic E-state index is 0.0185. The third kappa shape index (κ3) is 6.24. The SMILES string of the molecule is Cc1ccccc1[C@H]1C2CC(CCO)(CCO)C(=O)N2CCN1C(=O)N(C)[C@@H](CO)c1cc(C(F)(F)F)cc(C(F)(F)F)c1. The van der Waals surface area contributed by atoms with Crippen molar-refractivity contribution in [1.29, 1.82) is 0 Å². The maximum absolute atomic E-state index is 14.1. The number of nitrogens with zero attached hydrogens (tertiary/aromatic N) is 3. The normalized spacial score (nSPS) is 20.9. The molecular weight excluding hydrogens is 596 g/mol. The molecule has 0 aliphatic carbocycles. The number of amides is 3. The molecule has 4 rings (SSSR count). The molecule has 3 amide bonds. The predicted molar refractivity (Wildman–Crippen MR) is 146 cm³/mol. The Labute approximate surface area is 250 Å². The molecule has 0 aromatic heterocycles. The molecule has 2 aromatic rings. The van der Waals surface area contributed by atoms with Crippen LogP contribution < -0.4 is 0 Å². The van der Waals surface area contributed by atoms with Gasteiger partial charge >= 0.3 is 18.4 Å². The second-order valence-electron chi connectivity index (χ2n) is 11.4. The Hall–Kier alpha value is -3.36. The summed E-state index contributed by atoms with van der Waals surface area (Å²) >= 11 is 0. The molecule has 242 valence electrons. The number of fused-ring (bicyclic) bond motifs is 1. The molecule has 2 aromatic carbocycles. The highest BCUT2D eigenvalue weighted by molar-refractivity contribution is 5.86. The molecule has 2 aliphatic heterocycles. The highest BCUT2D eigenvalue weighted by atomic mass is 19.4. The van der Waals surface area contributed by atoms with Gasteiger partial charge in [-0.1, -0.05) is 24.3 Å². The molecule has 44 heavy (non-hydrogen) atoms. The summed E-state index contributed by atoms with van der Waals surface area (Å²) in [6.45, 7) is 0.296. The summed E-state index contributed by atoms with van der Waals surface area (Å²) in [6.07, 6.45) is -9.84. The number of alkyl halides is 6. The van der Waals surface area contributed by atoms with E-state index in [1.54, 1.807) is 23.1 Å². The number of aliphatic hydroxyl groups is 3. The van der Waals surface area contributed by atoms with Crippen LogP contribution in [0.3, 0.4) is 0 Å². The van der Waals surface area contributed by atoms with E-state index in [1.807, 2.05) is 13.0 Å². The van der Waals surface area contributed by atoms with Crippen molar-refractivity contribution < 1.29 is 51.3 Å². The van der Waals surface area contributed by atoms with Gasteiger partial charge in [-0.25, -0.2) is 4.79 Å². The van der Waals surface area contributed by atoms with E-state index in [0.29, 0.717) is 17.7 Å². The zero-order valence-corrected chi connectivity index (χ0v) is 24.2. The van der Waals surface area contributed by atoms with Gasteiger partial charge < -0.3 is 30.0 Å². The van der Waals surface area contributed by atoms with Crippen molar-refractivity contribution in [3.63, 3.8) is 0 Å². The number of piperazine rings is 1. The maximum atomic E-state index is 14.1. The molecule has 3 N–H and O–H groups in total. The van der Waals surface area contributed by atoms with Crippen molar-refractivity contribution in [2.45, 2.75) is 56.7 Å². The number of hydrogen-bond acceptors (Lipinski definition) is 5. The molecule has 1 unspecified atom stereocenters. The van der Waals surface area contributed by atoms with Crippen molar-refractivity contribution in [3.8, 4) is 0 Å². The minimum Gasteiger partial charge on any atom is -0.396 e. The maximum Gasteiger partial charge on any atom is 0.416 e. The van der Waals surface area contributed by atoms with Gasteiger partial charge in [0.25, 0.3) is 0 Å². The van der Waals surface area contributed by atoms with Crippen LogP contribution >= 0.6 is 0 Å². The first-order valence-corrected chi connectivity index (χ1v) is 14.1. The Balaban J connectivity index is 1.77. The van der Waals surface area contributed by atoms with E-state index >= 15 is 0 Å². The second-order valence-corrected chi connectivity index (χ2v) is 11.4. The first-order chi connectivity index (χ1) is 20.6. The molecule has 2 saturated heterocycles. The fourth-order valence-corrected chi connectivity index (χ4v) is 6.60. The Morgan fingerprint density at radius 2 is 1.55 bits per heavy atom. The van der Waals surface area contributed by atoms with E-state index in [2.05, 4.69) is 0 Å². The molecular formula is C30H35F6N3O5. The average Bonchev–Trinajstić information content (AvgIpc) is 3.23. The lowest BCUT2D eigenvalue weighted by molar-refractivity contribution is -0.143. The molecule has 0 saturated carbocycles. The van der Waals surface area contributed by atoms with Gasteiger partial charge in [-0.05, 0) is 61.1 Å². The second kappa shape index (κ2) is 12.6. The Morgan fingerprint density at radius 3 is 2.05 bits per heavy atom. The Morgan fingerprint density at radius 1 is 0.977 bits per heavy atom. The molecule has 2 fully saturated rings. The van der Waals surface area contributed by atoms with Gasteiger partial charge in [0.2, 0.25) is 5.91 Å². The van der Waals surface area contributed by atoms with Gasteiger partial charge in [-0.15, -0.1) is 0 Å². The predicted octanol–water partition coefficient (Wildman–Crippen LogP) is 4.53. The van der Waals surface area contributed by atoms with Crippen LogP contribution in [0.2, 0.25) is 0 Å². The Bertz CT molecular complexity index is 1330. The van der Waals surface area contributed by atoms with E-state index < -0.39 is 65.2 Å². The van der Waals surface area contributed by atoms with Crippen LogP contribution in [0.1, 0.15) is 59.2 Å². The monoisotopic (exact) mass is 631 g/mol. The van der Waals surface area contributed by atoms with Crippen molar-refractivity contribution in [2.75, 3.05) is 40.0 Å². The van der Waals surface area contributed by atoms with Crippen LogP contribution in [0.5, 0.6) is 0 Å². The first-order valence-electron chi connectivity index (χ1n) is 14.1. The van der Waals surface area contributed by atoms with Crippen LogP contribution in [-0.4, -0.2) is 88.0 Å². The van der Waals surface area contributed by atoms with E-state index in [1.165, 1.54) is 11.9 Å².